The molecule has 6 heteroatoms. The van der Waals surface area contributed by atoms with Crippen molar-refractivity contribution in [2.75, 3.05) is 0 Å². The molecule has 0 aromatic heterocycles. The molecule has 2 aromatic carbocycles. The molecule has 0 saturated heterocycles. The second-order valence-electron chi connectivity index (χ2n) is 3.96. The van der Waals surface area contributed by atoms with Crippen LogP contribution >= 0.6 is 50.7 Å². The number of carbonyl (C=O) groups is 1. The maximum absolute atomic E-state index is 11.0. The van der Waals surface area contributed by atoms with Gasteiger partial charge in [0.2, 0.25) is 0 Å². The van der Waals surface area contributed by atoms with E-state index < -0.39 is 5.24 Å². The number of benzene rings is 2. The summed E-state index contributed by atoms with van der Waals surface area (Å²) >= 11 is 20.5. The lowest BCUT2D eigenvalue weighted by atomic mass is 10.2. The van der Waals surface area contributed by atoms with Gasteiger partial charge in [-0.2, -0.15) is 0 Å². The zero-order valence-corrected chi connectivity index (χ0v) is 13.9. The van der Waals surface area contributed by atoms with Gasteiger partial charge in [0.25, 0.3) is 5.24 Å². The summed E-state index contributed by atoms with van der Waals surface area (Å²) in [4.78, 5) is 11.0. The van der Waals surface area contributed by atoms with E-state index in [9.17, 15) is 4.79 Å². The molecule has 2 nitrogen and oxygen atoms in total. The first-order valence-electron chi connectivity index (χ1n) is 5.53. The third-order valence-electron chi connectivity index (χ3n) is 2.54. The maximum atomic E-state index is 11.0. The summed E-state index contributed by atoms with van der Waals surface area (Å²) in [5.74, 6) is 0.609. The highest BCUT2D eigenvalue weighted by Crippen LogP contribution is 2.28. The molecule has 0 atom stereocenters. The van der Waals surface area contributed by atoms with E-state index in [0.717, 1.165) is 5.56 Å². The van der Waals surface area contributed by atoms with Crippen molar-refractivity contribution in [2.45, 2.75) is 6.61 Å². The predicted octanol–water partition coefficient (Wildman–Crippen LogP) is 5.71. The standard InChI is InChI=1S/C14H8BrCl3O2/c15-10-6-9(14(18)19)2-4-13(10)20-7-8-1-3-11(16)12(17)5-8/h1-6H,7H2. The number of hydrogen-bond acceptors (Lipinski definition) is 2. The molecule has 0 aliphatic carbocycles. The summed E-state index contributed by atoms with van der Waals surface area (Å²) < 4.78 is 6.31. The Morgan fingerprint density at radius 2 is 1.85 bits per heavy atom. The Balaban J connectivity index is 2.10. The lowest BCUT2D eigenvalue weighted by Crippen LogP contribution is -1.97. The summed E-state index contributed by atoms with van der Waals surface area (Å²) in [5, 5.41) is 0.471. The number of carbonyl (C=O) groups excluding carboxylic acids is 1. The summed E-state index contributed by atoms with van der Waals surface area (Å²) in [5.41, 5.74) is 1.30. The van der Waals surface area contributed by atoms with Crippen molar-refractivity contribution in [2.24, 2.45) is 0 Å². The molecule has 0 unspecified atom stereocenters. The van der Waals surface area contributed by atoms with Crippen LogP contribution in [0.4, 0.5) is 0 Å². The van der Waals surface area contributed by atoms with Crippen molar-refractivity contribution in [1.82, 2.24) is 0 Å². The Bertz CT molecular complexity index is 659. The van der Waals surface area contributed by atoms with Crippen LogP contribution in [0.25, 0.3) is 0 Å². The van der Waals surface area contributed by atoms with Crippen LogP contribution in [0.3, 0.4) is 0 Å². The van der Waals surface area contributed by atoms with Crippen molar-refractivity contribution < 1.29 is 9.53 Å². The molecule has 0 aliphatic heterocycles. The van der Waals surface area contributed by atoms with Gasteiger partial charge in [0.1, 0.15) is 12.4 Å². The Morgan fingerprint density at radius 3 is 2.45 bits per heavy atom. The van der Waals surface area contributed by atoms with Crippen LogP contribution < -0.4 is 4.74 Å². The lowest BCUT2D eigenvalue weighted by molar-refractivity contribution is 0.108. The molecule has 0 fully saturated rings. The van der Waals surface area contributed by atoms with Gasteiger partial charge < -0.3 is 4.74 Å². The third-order valence-corrected chi connectivity index (χ3v) is 4.11. The number of hydrogen-bond donors (Lipinski definition) is 0. The summed E-state index contributed by atoms with van der Waals surface area (Å²) in [7, 11) is 0. The Kier molecular flexibility index (Phi) is 5.33. The number of ether oxygens (including phenoxy) is 1. The van der Waals surface area contributed by atoms with Crippen molar-refractivity contribution in [1.29, 1.82) is 0 Å². The molecule has 0 radical (unpaired) electrons. The minimum Gasteiger partial charge on any atom is -0.488 e. The SMILES string of the molecule is O=C(Cl)c1ccc(OCc2ccc(Cl)c(Cl)c2)c(Br)c1. The smallest absolute Gasteiger partial charge is 0.252 e. The van der Waals surface area contributed by atoms with Gasteiger partial charge in [-0.15, -0.1) is 0 Å². The second-order valence-corrected chi connectivity index (χ2v) is 5.97. The molecule has 20 heavy (non-hydrogen) atoms. The first-order chi connectivity index (χ1) is 9.47. The molecule has 0 bridgehead atoms. The molecule has 0 spiro atoms. The molecule has 0 heterocycles. The first kappa shape index (κ1) is 15.6. The topological polar surface area (TPSA) is 26.3 Å². The van der Waals surface area contributed by atoms with Crippen LogP contribution in [-0.2, 0) is 6.61 Å². The average Bonchev–Trinajstić information content (AvgIpc) is 2.41. The zero-order valence-electron chi connectivity index (χ0n) is 10.00. The molecule has 104 valence electrons. The highest BCUT2D eigenvalue weighted by atomic mass is 79.9. The van der Waals surface area contributed by atoms with E-state index in [0.29, 0.717) is 32.4 Å². The Morgan fingerprint density at radius 1 is 1.10 bits per heavy atom. The van der Waals surface area contributed by atoms with Crippen molar-refractivity contribution in [3.8, 4) is 5.75 Å². The highest BCUT2D eigenvalue weighted by molar-refractivity contribution is 9.10. The van der Waals surface area contributed by atoms with Gasteiger partial charge in [0, 0.05) is 5.56 Å². The van der Waals surface area contributed by atoms with Gasteiger partial charge in [-0.3, -0.25) is 4.79 Å². The molecule has 0 aliphatic rings. The quantitative estimate of drug-likeness (QED) is 0.621. The van der Waals surface area contributed by atoms with Gasteiger partial charge >= 0.3 is 0 Å². The van der Waals surface area contributed by atoms with E-state index in [1.807, 2.05) is 6.07 Å². The van der Waals surface area contributed by atoms with Gasteiger partial charge in [-0.1, -0.05) is 29.3 Å². The van der Waals surface area contributed by atoms with Crippen LogP contribution in [0.15, 0.2) is 40.9 Å². The van der Waals surface area contributed by atoms with Crippen LogP contribution in [0.2, 0.25) is 10.0 Å². The van der Waals surface area contributed by atoms with Crippen molar-refractivity contribution in [3.05, 3.63) is 62.0 Å². The Hall–Kier alpha value is -0.740. The fraction of sp³-hybridized carbons (Fsp3) is 0.0714. The normalized spacial score (nSPS) is 10.4. The zero-order chi connectivity index (χ0) is 14.7. The van der Waals surface area contributed by atoms with Crippen molar-refractivity contribution in [3.63, 3.8) is 0 Å². The monoisotopic (exact) mass is 392 g/mol. The van der Waals surface area contributed by atoms with Crippen LogP contribution in [0, 0.1) is 0 Å². The van der Waals surface area contributed by atoms with E-state index in [2.05, 4.69) is 15.9 Å². The van der Waals surface area contributed by atoms with Gasteiger partial charge in [-0.25, -0.2) is 0 Å². The molecular formula is C14H8BrCl3O2. The first-order valence-corrected chi connectivity index (χ1v) is 7.46. The highest BCUT2D eigenvalue weighted by Gasteiger charge is 2.07. The average molecular weight is 394 g/mol. The van der Waals surface area contributed by atoms with Crippen LogP contribution in [-0.4, -0.2) is 5.24 Å². The second kappa shape index (κ2) is 6.81. The van der Waals surface area contributed by atoms with E-state index in [-0.39, 0.29) is 0 Å². The molecule has 2 rings (SSSR count). The summed E-state index contributed by atoms with van der Waals surface area (Å²) in [6.07, 6.45) is 0. The largest absolute Gasteiger partial charge is 0.488 e. The van der Waals surface area contributed by atoms with Crippen LogP contribution in [0.5, 0.6) is 5.75 Å². The number of rotatable bonds is 4. The Labute approximate surface area is 139 Å². The van der Waals surface area contributed by atoms with Gasteiger partial charge in [-0.05, 0) is 63.4 Å². The lowest BCUT2D eigenvalue weighted by Gasteiger charge is -2.09. The van der Waals surface area contributed by atoms with E-state index >= 15 is 0 Å². The fourth-order valence-electron chi connectivity index (χ4n) is 1.53. The van der Waals surface area contributed by atoms with E-state index in [4.69, 9.17) is 39.5 Å². The minimum absolute atomic E-state index is 0.337. The minimum atomic E-state index is -0.512. The van der Waals surface area contributed by atoms with E-state index in [1.165, 1.54) is 0 Å². The molecule has 0 N–H and O–H groups in total. The molecular weight excluding hydrogens is 386 g/mol. The number of halogens is 4. The summed E-state index contributed by atoms with van der Waals surface area (Å²) in [6, 6.07) is 10.2. The van der Waals surface area contributed by atoms with Crippen LogP contribution in [0.1, 0.15) is 15.9 Å². The van der Waals surface area contributed by atoms with E-state index in [1.54, 1.807) is 30.3 Å². The molecule has 0 amide bonds. The molecule has 2 aromatic rings. The maximum Gasteiger partial charge on any atom is 0.252 e. The van der Waals surface area contributed by atoms with Gasteiger partial charge in [0.05, 0.1) is 14.5 Å². The molecule has 0 saturated carbocycles. The third kappa shape index (κ3) is 3.89. The van der Waals surface area contributed by atoms with Crippen molar-refractivity contribution >= 4 is 56.0 Å². The fourth-order valence-corrected chi connectivity index (χ4v) is 2.46. The summed E-state index contributed by atoms with van der Waals surface area (Å²) in [6.45, 7) is 0.337. The predicted molar refractivity (Wildman–Crippen MR) is 85.1 cm³/mol. The van der Waals surface area contributed by atoms with Gasteiger partial charge in [0.15, 0.2) is 0 Å².